The van der Waals surface area contributed by atoms with Gasteiger partial charge in [-0.3, -0.25) is 19.3 Å². The van der Waals surface area contributed by atoms with E-state index in [1.807, 2.05) is 65.6 Å². The Morgan fingerprint density at radius 3 is 2.12 bits per heavy atom. The minimum Gasteiger partial charge on any atom is -0.351 e. The van der Waals surface area contributed by atoms with Crippen molar-refractivity contribution in [2.45, 2.75) is 13.1 Å². The number of carbonyl (C=O) groups is 2. The number of aromatic nitrogens is 2. The van der Waals surface area contributed by atoms with Crippen LogP contribution in [-0.2, 0) is 17.9 Å². The Balaban J connectivity index is 1.29. The quantitative estimate of drug-likeness (QED) is 0.594. The first-order valence-electron chi connectivity index (χ1n) is 11.0. The normalized spacial score (nSPS) is 14.1. The molecule has 1 aliphatic rings. The third kappa shape index (κ3) is 6.14. The van der Waals surface area contributed by atoms with E-state index in [1.54, 1.807) is 4.90 Å². The van der Waals surface area contributed by atoms with E-state index in [0.717, 1.165) is 11.1 Å². The van der Waals surface area contributed by atoms with Crippen molar-refractivity contribution in [2.24, 2.45) is 0 Å². The number of amides is 2. The molecule has 4 rings (SSSR count). The zero-order valence-corrected chi connectivity index (χ0v) is 18.4. The lowest BCUT2D eigenvalue weighted by Gasteiger charge is -2.34. The molecule has 3 aromatic rings. The monoisotopic (exact) mass is 445 g/mol. The molecule has 170 valence electrons. The maximum atomic E-state index is 13.0. The second-order valence-corrected chi connectivity index (χ2v) is 8.03. The van der Waals surface area contributed by atoms with Crippen LogP contribution in [-0.4, -0.2) is 64.1 Å². The average molecular weight is 446 g/mol. The van der Waals surface area contributed by atoms with Crippen LogP contribution < -0.4 is 10.9 Å². The molecule has 0 atom stereocenters. The molecule has 2 aromatic carbocycles. The van der Waals surface area contributed by atoms with Gasteiger partial charge < -0.3 is 10.2 Å². The summed E-state index contributed by atoms with van der Waals surface area (Å²) in [6.07, 6.45) is 0. The number of rotatable bonds is 7. The molecule has 2 amide bonds. The van der Waals surface area contributed by atoms with Crippen molar-refractivity contribution in [2.75, 3.05) is 32.7 Å². The van der Waals surface area contributed by atoms with Crippen molar-refractivity contribution >= 4 is 11.8 Å². The fourth-order valence-electron chi connectivity index (χ4n) is 3.76. The fraction of sp³-hybridized carbons (Fsp3) is 0.280. The summed E-state index contributed by atoms with van der Waals surface area (Å²) < 4.78 is 1.32. The van der Waals surface area contributed by atoms with E-state index in [0.29, 0.717) is 45.8 Å². The number of benzene rings is 2. The number of piperazine rings is 1. The SMILES string of the molecule is O=C(CN1CCN(C(=O)c2ccc(=O)n(Cc3ccccc3)n2)CC1)NCc1ccccc1. The van der Waals surface area contributed by atoms with Crippen LogP contribution >= 0.6 is 0 Å². The lowest BCUT2D eigenvalue weighted by Crippen LogP contribution is -2.51. The minimum atomic E-state index is -0.248. The molecule has 1 aromatic heterocycles. The third-order valence-electron chi connectivity index (χ3n) is 5.62. The number of nitrogens with zero attached hydrogens (tertiary/aromatic N) is 4. The van der Waals surface area contributed by atoms with Gasteiger partial charge in [-0.15, -0.1) is 0 Å². The molecular weight excluding hydrogens is 418 g/mol. The molecule has 0 aliphatic carbocycles. The van der Waals surface area contributed by atoms with Crippen molar-refractivity contribution in [3.63, 3.8) is 0 Å². The standard InChI is InChI=1S/C25H27N5O3/c31-23(26-17-20-7-3-1-4-8-20)19-28-13-15-29(16-14-28)25(33)22-11-12-24(32)30(27-22)18-21-9-5-2-6-10-21/h1-12H,13-19H2,(H,26,31). The highest BCUT2D eigenvalue weighted by atomic mass is 16.2. The van der Waals surface area contributed by atoms with Gasteiger partial charge in [-0.2, -0.15) is 5.10 Å². The third-order valence-corrected chi connectivity index (χ3v) is 5.62. The number of hydrogen-bond donors (Lipinski definition) is 1. The molecule has 8 nitrogen and oxygen atoms in total. The van der Waals surface area contributed by atoms with E-state index < -0.39 is 0 Å². The topological polar surface area (TPSA) is 87.5 Å². The average Bonchev–Trinajstić information content (AvgIpc) is 2.85. The molecule has 33 heavy (non-hydrogen) atoms. The Kier molecular flexibility index (Phi) is 7.26. The largest absolute Gasteiger partial charge is 0.351 e. The summed E-state index contributed by atoms with van der Waals surface area (Å²) in [6, 6.07) is 22.2. The van der Waals surface area contributed by atoms with E-state index in [4.69, 9.17) is 0 Å². The van der Waals surface area contributed by atoms with Crippen LogP contribution in [0.1, 0.15) is 21.6 Å². The van der Waals surface area contributed by atoms with Gasteiger partial charge in [0.2, 0.25) is 5.91 Å². The van der Waals surface area contributed by atoms with Crippen LogP contribution in [0.15, 0.2) is 77.6 Å². The molecule has 0 saturated carbocycles. The summed E-state index contributed by atoms with van der Waals surface area (Å²) >= 11 is 0. The van der Waals surface area contributed by atoms with Gasteiger partial charge in [0.15, 0.2) is 0 Å². The molecule has 1 fully saturated rings. The Labute approximate surface area is 192 Å². The fourth-order valence-corrected chi connectivity index (χ4v) is 3.76. The molecule has 1 aliphatic heterocycles. The zero-order valence-electron chi connectivity index (χ0n) is 18.4. The number of carbonyl (C=O) groups excluding carboxylic acids is 2. The summed E-state index contributed by atoms with van der Waals surface area (Å²) in [7, 11) is 0. The molecule has 1 N–H and O–H groups in total. The maximum absolute atomic E-state index is 13.0. The summed E-state index contributed by atoms with van der Waals surface area (Å²) in [5.74, 6) is -0.238. The summed E-state index contributed by atoms with van der Waals surface area (Å²) in [4.78, 5) is 41.2. The van der Waals surface area contributed by atoms with Crippen LogP contribution in [0.4, 0.5) is 0 Å². The first-order valence-corrected chi connectivity index (χ1v) is 11.0. The number of nitrogens with one attached hydrogen (secondary N) is 1. The first-order chi connectivity index (χ1) is 16.1. The lowest BCUT2D eigenvalue weighted by molar-refractivity contribution is -0.122. The van der Waals surface area contributed by atoms with Gasteiger partial charge in [-0.25, -0.2) is 4.68 Å². The van der Waals surface area contributed by atoms with Gasteiger partial charge in [0.1, 0.15) is 5.69 Å². The van der Waals surface area contributed by atoms with Gasteiger partial charge in [0.25, 0.3) is 11.5 Å². The molecule has 8 heteroatoms. The van der Waals surface area contributed by atoms with Gasteiger partial charge >= 0.3 is 0 Å². The van der Waals surface area contributed by atoms with E-state index in [9.17, 15) is 14.4 Å². The first kappa shape index (κ1) is 22.4. The predicted octanol–water partition coefficient (Wildman–Crippen LogP) is 1.37. The van der Waals surface area contributed by atoms with Crippen LogP contribution in [0.25, 0.3) is 0 Å². The molecule has 0 bridgehead atoms. The van der Waals surface area contributed by atoms with Crippen LogP contribution in [0.2, 0.25) is 0 Å². The van der Waals surface area contributed by atoms with E-state index in [2.05, 4.69) is 10.4 Å². The Morgan fingerprint density at radius 2 is 1.45 bits per heavy atom. The molecule has 0 spiro atoms. The highest BCUT2D eigenvalue weighted by molar-refractivity contribution is 5.92. The summed E-state index contributed by atoms with van der Waals surface area (Å²) in [5.41, 5.74) is 2.00. The van der Waals surface area contributed by atoms with Gasteiger partial charge in [0.05, 0.1) is 13.1 Å². The molecule has 1 saturated heterocycles. The van der Waals surface area contributed by atoms with Crippen molar-refractivity contribution in [1.29, 1.82) is 0 Å². The summed E-state index contributed by atoms with van der Waals surface area (Å²) in [5, 5.41) is 7.23. The smallest absolute Gasteiger partial charge is 0.274 e. The molecule has 2 heterocycles. The lowest BCUT2D eigenvalue weighted by atomic mass is 10.2. The molecule has 0 radical (unpaired) electrons. The minimum absolute atomic E-state index is 0.0340. The van der Waals surface area contributed by atoms with Crippen LogP contribution in [0.3, 0.4) is 0 Å². The molecule has 0 unspecified atom stereocenters. The van der Waals surface area contributed by atoms with Gasteiger partial charge in [-0.1, -0.05) is 60.7 Å². The van der Waals surface area contributed by atoms with E-state index in [-0.39, 0.29) is 23.1 Å². The second kappa shape index (κ2) is 10.7. The zero-order chi connectivity index (χ0) is 23.0. The Hall–Kier alpha value is -3.78. The van der Waals surface area contributed by atoms with Crippen LogP contribution in [0.5, 0.6) is 0 Å². The summed E-state index contributed by atoms with van der Waals surface area (Å²) in [6.45, 7) is 3.33. The van der Waals surface area contributed by atoms with Gasteiger partial charge in [0, 0.05) is 38.8 Å². The Morgan fingerprint density at radius 1 is 0.818 bits per heavy atom. The maximum Gasteiger partial charge on any atom is 0.274 e. The second-order valence-electron chi connectivity index (χ2n) is 8.03. The van der Waals surface area contributed by atoms with E-state index in [1.165, 1.54) is 16.8 Å². The van der Waals surface area contributed by atoms with Crippen molar-refractivity contribution in [1.82, 2.24) is 24.9 Å². The highest BCUT2D eigenvalue weighted by Crippen LogP contribution is 2.07. The number of hydrogen-bond acceptors (Lipinski definition) is 5. The van der Waals surface area contributed by atoms with E-state index >= 15 is 0 Å². The van der Waals surface area contributed by atoms with Crippen molar-refractivity contribution in [3.8, 4) is 0 Å². The Bertz CT molecular complexity index is 1140. The van der Waals surface area contributed by atoms with Crippen molar-refractivity contribution < 1.29 is 9.59 Å². The molecular formula is C25H27N5O3. The highest BCUT2D eigenvalue weighted by Gasteiger charge is 2.24. The van der Waals surface area contributed by atoms with Crippen LogP contribution in [0, 0.1) is 0 Å². The predicted molar refractivity (Wildman–Crippen MR) is 125 cm³/mol. The van der Waals surface area contributed by atoms with Gasteiger partial charge in [-0.05, 0) is 17.2 Å². The van der Waals surface area contributed by atoms with Crippen molar-refractivity contribution in [3.05, 3.63) is 100.0 Å².